The van der Waals surface area contributed by atoms with Crippen LogP contribution in [0.1, 0.15) is 49.4 Å². The Labute approximate surface area is 208 Å². The number of amides is 3. The predicted octanol–water partition coefficient (Wildman–Crippen LogP) is 1.44. The second kappa shape index (κ2) is 11.1. The summed E-state index contributed by atoms with van der Waals surface area (Å²) in [7, 11) is 1.32. The van der Waals surface area contributed by atoms with Crippen molar-refractivity contribution in [1.29, 1.82) is 0 Å². The lowest BCUT2D eigenvalue weighted by Crippen LogP contribution is -2.57. The minimum atomic E-state index is -0.928. The standard InChI is InChI=1S/C25H30FN3O7/c1-3-35-25-18(13-21(30)36-25)28-23(32)19-10-9-15-6-4-5-7-17(24(33)29(15)19)27-22(31)14-8-11-20(34-2)16(26)12-14/h4-5,8,11-12,15,17-19,25H,3,6-7,9-10,13H2,1-2H3,(H,27,31)(H,28,32)/t15-,17+,18?,19+,25?/m1/s1. The monoisotopic (exact) mass is 503 g/mol. The van der Waals surface area contributed by atoms with Crippen molar-refractivity contribution in [3.8, 4) is 5.75 Å². The molecule has 36 heavy (non-hydrogen) atoms. The third-order valence-electron chi connectivity index (χ3n) is 6.64. The van der Waals surface area contributed by atoms with Gasteiger partial charge in [-0.3, -0.25) is 19.2 Å². The number of esters is 1. The van der Waals surface area contributed by atoms with E-state index in [1.807, 2.05) is 12.2 Å². The molecule has 0 spiro atoms. The van der Waals surface area contributed by atoms with Crippen LogP contribution in [0.3, 0.4) is 0 Å². The molecular formula is C25H30FN3O7. The fraction of sp³-hybridized carbons (Fsp3) is 0.520. The average Bonchev–Trinajstić information content (AvgIpc) is 3.42. The molecule has 5 atom stereocenters. The van der Waals surface area contributed by atoms with E-state index in [4.69, 9.17) is 14.2 Å². The Balaban J connectivity index is 1.48. The minimum Gasteiger partial charge on any atom is -0.494 e. The maximum Gasteiger partial charge on any atom is 0.310 e. The van der Waals surface area contributed by atoms with Gasteiger partial charge >= 0.3 is 5.97 Å². The second-order valence-corrected chi connectivity index (χ2v) is 8.94. The van der Waals surface area contributed by atoms with Crippen molar-refractivity contribution in [2.75, 3.05) is 13.7 Å². The molecule has 10 nitrogen and oxygen atoms in total. The first-order valence-corrected chi connectivity index (χ1v) is 12.0. The molecule has 1 aromatic carbocycles. The summed E-state index contributed by atoms with van der Waals surface area (Å²) < 4.78 is 29.5. The lowest BCUT2D eigenvalue weighted by molar-refractivity contribution is -0.164. The van der Waals surface area contributed by atoms with Crippen LogP contribution in [0.4, 0.5) is 4.39 Å². The van der Waals surface area contributed by atoms with Gasteiger partial charge in [0.2, 0.25) is 18.1 Å². The number of hydrogen-bond acceptors (Lipinski definition) is 7. The van der Waals surface area contributed by atoms with Gasteiger partial charge in [0.1, 0.15) is 18.1 Å². The van der Waals surface area contributed by atoms with E-state index < -0.39 is 48.0 Å². The zero-order chi connectivity index (χ0) is 25.8. The molecule has 3 heterocycles. The summed E-state index contributed by atoms with van der Waals surface area (Å²) in [6, 6.07) is 1.27. The van der Waals surface area contributed by atoms with E-state index in [2.05, 4.69) is 10.6 Å². The predicted molar refractivity (Wildman–Crippen MR) is 124 cm³/mol. The van der Waals surface area contributed by atoms with Crippen LogP contribution in [0.5, 0.6) is 5.75 Å². The van der Waals surface area contributed by atoms with Gasteiger partial charge in [0.25, 0.3) is 5.91 Å². The average molecular weight is 504 g/mol. The topological polar surface area (TPSA) is 123 Å². The Morgan fingerprint density at radius 3 is 2.67 bits per heavy atom. The van der Waals surface area contributed by atoms with Crippen LogP contribution in [0.25, 0.3) is 0 Å². The van der Waals surface area contributed by atoms with E-state index in [1.54, 1.807) is 6.92 Å². The van der Waals surface area contributed by atoms with Gasteiger partial charge in [-0.1, -0.05) is 12.2 Å². The van der Waals surface area contributed by atoms with Gasteiger partial charge < -0.3 is 29.7 Å². The minimum absolute atomic E-state index is 0.00575. The number of halogens is 1. The van der Waals surface area contributed by atoms with E-state index >= 15 is 0 Å². The third kappa shape index (κ3) is 5.35. The van der Waals surface area contributed by atoms with Gasteiger partial charge in [-0.05, 0) is 50.8 Å². The number of carbonyl (C=O) groups excluding carboxylic acids is 4. The highest BCUT2D eigenvalue weighted by molar-refractivity contribution is 5.99. The van der Waals surface area contributed by atoms with Crippen molar-refractivity contribution >= 4 is 23.7 Å². The van der Waals surface area contributed by atoms with Crippen molar-refractivity contribution in [1.82, 2.24) is 15.5 Å². The molecule has 2 N–H and O–H groups in total. The Bertz CT molecular complexity index is 1060. The van der Waals surface area contributed by atoms with Crippen LogP contribution < -0.4 is 15.4 Å². The van der Waals surface area contributed by atoms with Crippen LogP contribution in [0.2, 0.25) is 0 Å². The van der Waals surface area contributed by atoms with Crippen LogP contribution >= 0.6 is 0 Å². The second-order valence-electron chi connectivity index (χ2n) is 8.94. The van der Waals surface area contributed by atoms with Gasteiger partial charge in [0.15, 0.2) is 11.6 Å². The highest BCUT2D eigenvalue weighted by Crippen LogP contribution is 2.30. The normalized spacial score (nSPS) is 27.6. The van der Waals surface area contributed by atoms with Crippen LogP contribution in [0.15, 0.2) is 30.4 Å². The fourth-order valence-electron chi connectivity index (χ4n) is 4.89. The molecule has 0 aromatic heterocycles. The largest absolute Gasteiger partial charge is 0.494 e. The summed E-state index contributed by atoms with van der Waals surface area (Å²) in [4.78, 5) is 52.9. The molecule has 4 rings (SSSR count). The summed E-state index contributed by atoms with van der Waals surface area (Å²) in [6.45, 7) is 2.07. The number of rotatable bonds is 7. The van der Waals surface area contributed by atoms with Crippen molar-refractivity contribution in [3.05, 3.63) is 41.7 Å². The van der Waals surface area contributed by atoms with Crippen LogP contribution in [0, 0.1) is 5.82 Å². The molecule has 3 aliphatic rings. The van der Waals surface area contributed by atoms with Gasteiger partial charge in [0, 0.05) is 18.2 Å². The van der Waals surface area contributed by atoms with Gasteiger partial charge in [-0.25, -0.2) is 4.39 Å². The summed E-state index contributed by atoms with van der Waals surface area (Å²) in [5.74, 6) is -2.54. The molecular weight excluding hydrogens is 473 g/mol. The van der Waals surface area contributed by atoms with Crippen LogP contribution in [-0.4, -0.2) is 72.8 Å². The summed E-state index contributed by atoms with van der Waals surface area (Å²) >= 11 is 0. The van der Waals surface area contributed by atoms with E-state index in [-0.39, 0.29) is 36.1 Å². The Morgan fingerprint density at radius 1 is 1.17 bits per heavy atom. The molecule has 3 aliphatic heterocycles. The first kappa shape index (κ1) is 25.6. The molecule has 2 saturated heterocycles. The smallest absolute Gasteiger partial charge is 0.310 e. The Kier molecular flexibility index (Phi) is 7.88. The van der Waals surface area contributed by atoms with Crippen molar-refractivity contribution in [3.63, 3.8) is 0 Å². The number of benzene rings is 1. The molecule has 0 bridgehead atoms. The zero-order valence-electron chi connectivity index (χ0n) is 20.2. The van der Waals surface area contributed by atoms with Gasteiger partial charge in [0.05, 0.1) is 13.5 Å². The lowest BCUT2D eigenvalue weighted by atomic mass is 10.0. The Morgan fingerprint density at radius 2 is 1.94 bits per heavy atom. The first-order valence-electron chi connectivity index (χ1n) is 12.0. The van der Waals surface area contributed by atoms with Crippen molar-refractivity contribution in [2.24, 2.45) is 0 Å². The third-order valence-corrected chi connectivity index (χ3v) is 6.64. The highest BCUT2D eigenvalue weighted by atomic mass is 19.1. The van der Waals surface area contributed by atoms with E-state index in [9.17, 15) is 23.6 Å². The number of cyclic esters (lactones) is 1. The number of nitrogens with zero attached hydrogens (tertiary/aromatic N) is 1. The maximum atomic E-state index is 14.1. The molecule has 0 aliphatic carbocycles. The summed E-state index contributed by atoms with van der Waals surface area (Å²) in [6.07, 6.45) is 4.77. The molecule has 11 heteroatoms. The van der Waals surface area contributed by atoms with E-state index in [0.29, 0.717) is 25.9 Å². The number of ether oxygens (including phenoxy) is 3. The van der Waals surface area contributed by atoms with Crippen LogP contribution in [-0.2, 0) is 23.9 Å². The number of methoxy groups -OCH3 is 1. The highest BCUT2D eigenvalue weighted by Gasteiger charge is 2.45. The molecule has 194 valence electrons. The molecule has 2 unspecified atom stereocenters. The number of hydrogen-bond donors (Lipinski definition) is 2. The molecule has 0 saturated carbocycles. The quantitative estimate of drug-likeness (QED) is 0.426. The summed E-state index contributed by atoms with van der Waals surface area (Å²) in [5.41, 5.74) is 0.0484. The van der Waals surface area contributed by atoms with Gasteiger partial charge in [-0.2, -0.15) is 0 Å². The zero-order valence-corrected chi connectivity index (χ0v) is 20.2. The number of nitrogens with one attached hydrogen (secondary N) is 2. The first-order chi connectivity index (χ1) is 17.3. The van der Waals surface area contributed by atoms with E-state index in [1.165, 1.54) is 24.1 Å². The fourth-order valence-corrected chi connectivity index (χ4v) is 4.89. The molecule has 1 aromatic rings. The SMILES string of the molecule is CCOC1OC(=O)CC1NC(=O)[C@@H]1CC[C@H]2CC=CC[C@H](NC(=O)c3ccc(OC)c(F)c3)C(=O)N21. The van der Waals surface area contributed by atoms with Crippen molar-refractivity contribution in [2.45, 2.75) is 69.5 Å². The molecule has 3 amide bonds. The van der Waals surface area contributed by atoms with E-state index in [0.717, 1.165) is 6.07 Å². The number of carbonyl (C=O) groups is 4. The maximum absolute atomic E-state index is 14.1. The summed E-state index contributed by atoms with van der Waals surface area (Å²) in [5, 5.41) is 5.50. The molecule has 0 radical (unpaired) electrons. The lowest BCUT2D eigenvalue weighted by Gasteiger charge is -2.34. The van der Waals surface area contributed by atoms with Crippen molar-refractivity contribution < 1.29 is 37.8 Å². The van der Waals surface area contributed by atoms with Gasteiger partial charge in [-0.15, -0.1) is 0 Å². The number of fused-ring (bicyclic) bond motifs is 1. The Hall–Kier alpha value is -3.47. The molecule has 2 fully saturated rings.